The van der Waals surface area contributed by atoms with Crippen molar-refractivity contribution in [2.24, 2.45) is 0 Å². The van der Waals surface area contributed by atoms with E-state index in [0.717, 1.165) is 12.1 Å². The molecule has 0 unspecified atom stereocenters. The first-order valence-corrected chi connectivity index (χ1v) is 3.50. The Bertz CT molecular complexity index is 328. The third-order valence-corrected chi connectivity index (χ3v) is 1.52. The number of alkyl halides is 3. The van der Waals surface area contributed by atoms with Crippen molar-refractivity contribution < 1.29 is 18.0 Å². The predicted molar refractivity (Wildman–Crippen MR) is 41.0 cm³/mol. The first kappa shape index (κ1) is 9.77. The van der Waals surface area contributed by atoms with Crippen molar-refractivity contribution in [2.75, 3.05) is 0 Å². The van der Waals surface area contributed by atoms with Crippen LogP contribution in [0.5, 0.6) is 0 Å². The van der Waals surface area contributed by atoms with E-state index in [1.165, 1.54) is 19.3 Å². The number of hydrogen-bond acceptors (Lipinski definition) is 1. The van der Waals surface area contributed by atoms with Crippen LogP contribution in [-0.4, -0.2) is 6.29 Å². The minimum atomic E-state index is -4.41. The van der Waals surface area contributed by atoms with Crippen LogP contribution in [0.2, 0.25) is 0 Å². The Morgan fingerprint density at radius 3 is 2.31 bits per heavy atom. The molecule has 0 saturated heterocycles. The molecule has 13 heavy (non-hydrogen) atoms. The fraction of sp³-hybridized carbons (Fsp3) is 0.222. The average Bonchev–Trinajstić information content (AvgIpc) is 2.01. The van der Waals surface area contributed by atoms with Gasteiger partial charge in [0.1, 0.15) is 0 Å². The van der Waals surface area contributed by atoms with Gasteiger partial charge in [0.2, 0.25) is 6.29 Å². The second kappa shape index (κ2) is 3.20. The molecule has 1 aromatic rings. The summed E-state index contributed by atoms with van der Waals surface area (Å²) in [5, 5.41) is 0. The molecule has 0 saturated carbocycles. The molecule has 0 aliphatic rings. The number of halogens is 3. The zero-order valence-corrected chi connectivity index (χ0v) is 6.77. The molecule has 1 radical (unpaired) electrons. The topological polar surface area (TPSA) is 17.1 Å². The average molecular weight is 187 g/mol. The molecule has 0 aliphatic heterocycles. The molecule has 69 valence electrons. The summed E-state index contributed by atoms with van der Waals surface area (Å²) in [7, 11) is 0. The van der Waals surface area contributed by atoms with Gasteiger partial charge >= 0.3 is 6.18 Å². The van der Waals surface area contributed by atoms with Gasteiger partial charge < -0.3 is 0 Å². The van der Waals surface area contributed by atoms with E-state index in [4.69, 9.17) is 0 Å². The van der Waals surface area contributed by atoms with Gasteiger partial charge in [-0.3, -0.25) is 4.79 Å². The largest absolute Gasteiger partial charge is 0.416 e. The van der Waals surface area contributed by atoms with E-state index in [9.17, 15) is 18.0 Å². The zero-order chi connectivity index (χ0) is 10.1. The van der Waals surface area contributed by atoms with E-state index in [1.54, 1.807) is 0 Å². The summed E-state index contributed by atoms with van der Waals surface area (Å²) < 4.78 is 36.5. The first-order valence-electron chi connectivity index (χ1n) is 3.50. The molecule has 1 rings (SSSR count). The normalized spacial score (nSPS) is 11.4. The molecule has 1 aromatic carbocycles. The highest BCUT2D eigenvalue weighted by molar-refractivity contribution is 5.76. The molecule has 0 spiro atoms. The SMILES string of the molecule is Cc1cc([C]=O)cc(C(F)(F)F)c1. The van der Waals surface area contributed by atoms with Crippen molar-refractivity contribution in [1.29, 1.82) is 0 Å². The maximum absolute atomic E-state index is 12.2. The maximum atomic E-state index is 12.2. The number of rotatable bonds is 1. The lowest BCUT2D eigenvalue weighted by atomic mass is 10.1. The molecule has 0 fully saturated rings. The van der Waals surface area contributed by atoms with E-state index in [2.05, 4.69) is 0 Å². The van der Waals surface area contributed by atoms with Crippen LogP contribution in [0.1, 0.15) is 16.7 Å². The Morgan fingerprint density at radius 2 is 1.85 bits per heavy atom. The molecule has 0 bridgehead atoms. The van der Waals surface area contributed by atoms with Gasteiger partial charge in [0.15, 0.2) is 0 Å². The molecule has 0 N–H and O–H groups in total. The van der Waals surface area contributed by atoms with Crippen molar-refractivity contribution in [1.82, 2.24) is 0 Å². The Balaban J connectivity index is 3.24. The third kappa shape index (κ3) is 2.31. The Hall–Kier alpha value is -1.32. The second-order valence-electron chi connectivity index (χ2n) is 2.69. The van der Waals surface area contributed by atoms with Crippen LogP contribution in [0.15, 0.2) is 18.2 Å². The van der Waals surface area contributed by atoms with E-state index < -0.39 is 11.7 Å². The zero-order valence-electron chi connectivity index (χ0n) is 6.77. The standard InChI is InChI=1S/C9H6F3O/c1-6-2-7(5-13)4-8(3-6)9(10,11)12/h2-4H,1H3. The lowest BCUT2D eigenvalue weighted by molar-refractivity contribution is -0.137. The minimum Gasteiger partial charge on any atom is -0.285 e. The molecule has 0 amide bonds. The van der Waals surface area contributed by atoms with E-state index in [-0.39, 0.29) is 5.56 Å². The molecule has 0 aromatic heterocycles. The first-order chi connectivity index (χ1) is 5.93. The van der Waals surface area contributed by atoms with E-state index >= 15 is 0 Å². The van der Waals surface area contributed by atoms with Gasteiger partial charge in [-0.15, -0.1) is 0 Å². The monoisotopic (exact) mass is 187 g/mol. The van der Waals surface area contributed by atoms with E-state index in [1.807, 2.05) is 0 Å². The Labute approximate surface area is 73.2 Å². The number of aryl methyl sites for hydroxylation is 1. The van der Waals surface area contributed by atoms with Crippen molar-refractivity contribution >= 4 is 6.29 Å². The summed E-state index contributed by atoms with van der Waals surface area (Å²) in [6, 6.07) is 3.11. The van der Waals surface area contributed by atoms with Crippen molar-refractivity contribution in [2.45, 2.75) is 13.1 Å². The van der Waals surface area contributed by atoms with Gasteiger partial charge in [0, 0.05) is 5.56 Å². The summed E-state index contributed by atoms with van der Waals surface area (Å²) in [5.41, 5.74) is -0.494. The molecule has 4 heteroatoms. The molecule has 0 atom stereocenters. The maximum Gasteiger partial charge on any atom is 0.416 e. The van der Waals surface area contributed by atoms with Gasteiger partial charge in [0.25, 0.3) is 0 Å². The minimum absolute atomic E-state index is 0.0766. The highest BCUT2D eigenvalue weighted by Gasteiger charge is 2.30. The fourth-order valence-corrected chi connectivity index (χ4v) is 1.01. The van der Waals surface area contributed by atoms with Crippen molar-refractivity contribution in [3.63, 3.8) is 0 Å². The smallest absolute Gasteiger partial charge is 0.285 e. The molecular formula is C9H6F3O. The molecule has 0 aliphatic carbocycles. The number of hydrogen-bond donors (Lipinski definition) is 0. The molecule has 0 heterocycles. The van der Waals surface area contributed by atoms with Gasteiger partial charge in [-0.25, -0.2) is 0 Å². The van der Waals surface area contributed by atoms with Crippen molar-refractivity contribution in [3.05, 3.63) is 34.9 Å². The molecule has 1 nitrogen and oxygen atoms in total. The number of carbonyl (C=O) groups excluding carboxylic acids is 1. The van der Waals surface area contributed by atoms with Crippen LogP contribution in [0.3, 0.4) is 0 Å². The summed E-state index contributed by atoms with van der Waals surface area (Å²) in [6.07, 6.45) is -2.97. The lowest BCUT2D eigenvalue weighted by Gasteiger charge is -2.07. The summed E-state index contributed by atoms with van der Waals surface area (Å²) >= 11 is 0. The fourth-order valence-electron chi connectivity index (χ4n) is 1.01. The van der Waals surface area contributed by atoms with Crippen LogP contribution in [0.25, 0.3) is 0 Å². The lowest BCUT2D eigenvalue weighted by Crippen LogP contribution is -2.05. The van der Waals surface area contributed by atoms with E-state index in [0.29, 0.717) is 5.56 Å². The second-order valence-corrected chi connectivity index (χ2v) is 2.69. The Kier molecular flexibility index (Phi) is 2.40. The van der Waals surface area contributed by atoms with Gasteiger partial charge in [0.05, 0.1) is 5.56 Å². The summed E-state index contributed by atoms with van der Waals surface area (Å²) in [5.74, 6) is 0. The Morgan fingerprint density at radius 1 is 1.23 bits per heavy atom. The third-order valence-electron chi connectivity index (χ3n) is 1.52. The highest BCUT2D eigenvalue weighted by atomic mass is 19.4. The van der Waals surface area contributed by atoms with Crippen LogP contribution < -0.4 is 0 Å². The van der Waals surface area contributed by atoms with Gasteiger partial charge in [-0.05, 0) is 30.7 Å². The summed E-state index contributed by atoms with van der Waals surface area (Å²) in [4.78, 5) is 10.1. The number of benzene rings is 1. The van der Waals surface area contributed by atoms with Crippen LogP contribution in [0.4, 0.5) is 13.2 Å². The summed E-state index contributed by atoms with van der Waals surface area (Å²) in [6.45, 7) is 1.50. The predicted octanol–water partition coefficient (Wildman–Crippen LogP) is 2.47. The van der Waals surface area contributed by atoms with Gasteiger partial charge in [-0.2, -0.15) is 13.2 Å². The highest BCUT2D eigenvalue weighted by Crippen LogP contribution is 2.30. The quantitative estimate of drug-likeness (QED) is 0.660. The van der Waals surface area contributed by atoms with Crippen LogP contribution in [-0.2, 0) is 11.0 Å². The van der Waals surface area contributed by atoms with Gasteiger partial charge in [-0.1, -0.05) is 0 Å². The molecular weight excluding hydrogens is 181 g/mol. The van der Waals surface area contributed by atoms with Crippen molar-refractivity contribution in [3.8, 4) is 0 Å². The van der Waals surface area contributed by atoms with Crippen LogP contribution in [0, 0.1) is 6.92 Å². The van der Waals surface area contributed by atoms with Crippen LogP contribution >= 0.6 is 0 Å².